The number of benzene rings is 1. The lowest BCUT2D eigenvalue weighted by atomic mass is 9.58. The lowest BCUT2D eigenvalue weighted by molar-refractivity contribution is -0.148. The Morgan fingerprint density at radius 3 is 2.33 bits per heavy atom. The summed E-state index contributed by atoms with van der Waals surface area (Å²) in [5, 5.41) is 45.1. The van der Waals surface area contributed by atoms with E-state index in [1.807, 2.05) is 0 Å². The third-order valence-corrected chi connectivity index (χ3v) is 7.92. The average molecular weight is 560 g/mol. The molecule has 0 radical (unpaired) electrons. The number of methoxy groups -OCH3 is 1. The van der Waals surface area contributed by atoms with E-state index in [2.05, 4.69) is 0 Å². The first-order valence-corrected chi connectivity index (χ1v) is 12.6. The van der Waals surface area contributed by atoms with Crippen LogP contribution < -0.4 is 10.6 Å². The van der Waals surface area contributed by atoms with Gasteiger partial charge in [0.1, 0.15) is 35.0 Å². The summed E-state index contributed by atoms with van der Waals surface area (Å²) >= 11 is 0. The molecule has 0 fully saturated rings. The number of primary amides is 1. The van der Waals surface area contributed by atoms with Crippen LogP contribution >= 0.6 is 0 Å². The van der Waals surface area contributed by atoms with Gasteiger partial charge >= 0.3 is 5.97 Å². The molecule has 13 heteroatoms. The summed E-state index contributed by atoms with van der Waals surface area (Å²) in [6, 6.07) is 0.321. The summed E-state index contributed by atoms with van der Waals surface area (Å²) < 4.78 is 10.0. The predicted molar refractivity (Wildman–Crippen MR) is 140 cm³/mol. The van der Waals surface area contributed by atoms with E-state index in [0.717, 1.165) is 0 Å². The van der Waals surface area contributed by atoms with Gasteiger partial charge in [-0.25, -0.2) is 4.79 Å². The highest BCUT2D eigenvalue weighted by Gasteiger charge is 2.63. The van der Waals surface area contributed by atoms with E-state index in [-0.39, 0.29) is 42.8 Å². The van der Waals surface area contributed by atoms with Crippen LogP contribution in [0.5, 0.6) is 5.75 Å². The first-order valence-electron chi connectivity index (χ1n) is 12.6. The van der Waals surface area contributed by atoms with Crippen LogP contribution in [-0.2, 0) is 25.5 Å². The number of anilines is 1. The molecule has 0 aromatic heterocycles. The molecule has 13 nitrogen and oxygen atoms in total. The molecule has 40 heavy (non-hydrogen) atoms. The van der Waals surface area contributed by atoms with E-state index in [9.17, 15) is 39.6 Å². The maximum Gasteiger partial charge on any atom is 0.342 e. The van der Waals surface area contributed by atoms with Gasteiger partial charge in [0, 0.05) is 38.4 Å². The molecule has 3 aliphatic rings. The van der Waals surface area contributed by atoms with Crippen LogP contribution in [0.4, 0.5) is 5.69 Å². The number of phenols is 1. The van der Waals surface area contributed by atoms with E-state index in [1.165, 1.54) is 18.1 Å². The second-order valence-corrected chi connectivity index (χ2v) is 10.6. The minimum atomic E-state index is -2.75. The highest BCUT2D eigenvalue weighted by molar-refractivity contribution is 6.25. The number of hydrogen-bond acceptors (Lipinski definition) is 12. The largest absolute Gasteiger partial charge is 0.510 e. The smallest absolute Gasteiger partial charge is 0.342 e. The molecule has 0 spiro atoms. The van der Waals surface area contributed by atoms with Gasteiger partial charge in [0.05, 0.1) is 18.2 Å². The van der Waals surface area contributed by atoms with Gasteiger partial charge in [0.15, 0.2) is 11.4 Å². The van der Waals surface area contributed by atoms with E-state index < -0.39 is 69.8 Å². The Labute approximate surface area is 230 Å². The van der Waals surface area contributed by atoms with E-state index >= 15 is 0 Å². The molecule has 1 aromatic carbocycles. The number of rotatable bonds is 7. The Morgan fingerprint density at radius 2 is 1.77 bits per heavy atom. The number of aromatic hydroxyl groups is 1. The van der Waals surface area contributed by atoms with Gasteiger partial charge < -0.3 is 40.5 Å². The summed E-state index contributed by atoms with van der Waals surface area (Å²) in [5.74, 6) is -8.57. The lowest BCUT2D eigenvalue weighted by Gasteiger charge is -2.50. The fourth-order valence-corrected chi connectivity index (χ4v) is 6.15. The van der Waals surface area contributed by atoms with Crippen molar-refractivity contribution in [3.05, 3.63) is 45.4 Å². The third kappa shape index (κ3) is 4.12. The van der Waals surface area contributed by atoms with Crippen LogP contribution in [0.15, 0.2) is 28.7 Å². The number of ether oxygens (including phenoxy) is 2. The van der Waals surface area contributed by atoms with Crippen LogP contribution in [0.3, 0.4) is 0 Å². The predicted octanol–water partition coefficient (Wildman–Crippen LogP) is -0.0102. The fraction of sp³-hybridized carbons (Fsp3) is 0.481. The molecule has 6 N–H and O–H groups in total. The number of carbonyl (C=O) groups is 4. The zero-order valence-electron chi connectivity index (χ0n) is 22.8. The Kier molecular flexibility index (Phi) is 7.43. The topological polar surface area (TPSA) is 200 Å². The zero-order valence-corrected chi connectivity index (χ0v) is 22.8. The molecule has 216 valence electrons. The van der Waals surface area contributed by atoms with Gasteiger partial charge in [-0.15, -0.1) is 0 Å². The normalized spacial score (nSPS) is 25.9. The Balaban J connectivity index is 1.93. The number of carbonyl (C=O) groups excluding carboxylic acids is 4. The molecule has 0 bridgehead atoms. The zero-order chi connectivity index (χ0) is 29.8. The van der Waals surface area contributed by atoms with Crippen molar-refractivity contribution < 1.29 is 49.1 Å². The molecule has 0 saturated carbocycles. The number of hydrogen-bond donors (Lipinski definition) is 5. The van der Waals surface area contributed by atoms with Crippen LogP contribution in [0.2, 0.25) is 0 Å². The molecular formula is C27H33N3O10. The van der Waals surface area contributed by atoms with Crippen molar-refractivity contribution in [1.82, 2.24) is 4.90 Å². The van der Waals surface area contributed by atoms with Gasteiger partial charge in [0.25, 0.3) is 5.91 Å². The molecule has 4 rings (SSSR count). The van der Waals surface area contributed by atoms with Gasteiger partial charge in [-0.2, -0.15) is 0 Å². The number of phenolic OH excluding ortho intramolecular Hbond substituents is 1. The maximum absolute atomic E-state index is 14.0. The van der Waals surface area contributed by atoms with Crippen molar-refractivity contribution in [1.29, 1.82) is 0 Å². The first kappa shape index (κ1) is 29.1. The number of amides is 1. The molecule has 0 aliphatic heterocycles. The van der Waals surface area contributed by atoms with Crippen LogP contribution in [0, 0.1) is 11.8 Å². The number of likely N-dealkylation sites (N-methyl/N-ethyl adjacent to an activating group) is 1. The summed E-state index contributed by atoms with van der Waals surface area (Å²) in [6.45, 7) is 0.00954. The maximum atomic E-state index is 14.0. The number of ketones is 2. The first-order chi connectivity index (χ1) is 18.7. The van der Waals surface area contributed by atoms with Gasteiger partial charge in [0.2, 0.25) is 5.78 Å². The van der Waals surface area contributed by atoms with Crippen LogP contribution in [-0.4, -0.2) is 109 Å². The second-order valence-electron chi connectivity index (χ2n) is 10.6. The Morgan fingerprint density at radius 1 is 1.12 bits per heavy atom. The van der Waals surface area contributed by atoms with Crippen molar-refractivity contribution in [2.75, 3.05) is 53.4 Å². The summed E-state index contributed by atoms with van der Waals surface area (Å²) in [7, 11) is 7.92. The monoisotopic (exact) mass is 559 g/mol. The molecule has 0 unspecified atom stereocenters. The highest BCUT2D eigenvalue weighted by atomic mass is 16.6. The Bertz CT molecular complexity index is 1380. The molecular weight excluding hydrogens is 526 g/mol. The molecule has 1 amide bonds. The number of aliphatic hydroxyl groups is 3. The number of nitrogens with zero attached hydrogens (tertiary/aromatic N) is 2. The van der Waals surface area contributed by atoms with Crippen molar-refractivity contribution >= 4 is 29.1 Å². The minimum Gasteiger partial charge on any atom is -0.510 e. The van der Waals surface area contributed by atoms with Crippen molar-refractivity contribution in [2.45, 2.75) is 24.5 Å². The molecule has 0 heterocycles. The second kappa shape index (κ2) is 10.2. The van der Waals surface area contributed by atoms with Gasteiger partial charge in [-0.3, -0.25) is 19.3 Å². The highest BCUT2D eigenvalue weighted by Crippen LogP contribution is 2.53. The molecule has 0 saturated heterocycles. The molecule has 4 atom stereocenters. The van der Waals surface area contributed by atoms with Gasteiger partial charge in [-0.05, 0) is 44.5 Å². The fourth-order valence-electron chi connectivity index (χ4n) is 6.15. The van der Waals surface area contributed by atoms with Crippen LogP contribution in [0.25, 0.3) is 0 Å². The van der Waals surface area contributed by atoms with Crippen molar-refractivity contribution in [3.63, 3.8) is 0 Å². The van der Waals surface area contributed by atoms with Crippen LogP contribution in [0.1, 0.15) is 32.7 Å². The summed E-state index contributed by atoms with van der Waals surface area (Å²) in [4.78, 5) is 55.4. The van der Waals surface area contributed by atoms with Crippen molar-refractivity contribution in [2.24, 2.45) is 17.6 Å². The quantitative estimate of drug-likeness (QED) is 0.170. The number of allylic oxidation sites excluding steroid dienone is 1. The van der Waals surface area contributed by atoms with E-state index in [0.29, 0.717) is 11.3 Å². The third-order valence-electron chi connectivity index (χ3n) is 7.92. The number of nitrogens with two attached hydrogens (primary N) is 1. The van der Waals surface area contributed by atoms with E-state index in [1.54, 1.807) is 33.1 Å². The summed E-state index contributed by atoms with van der Waals surface area (Å²) in [6.07, 6.45) is 0.0504. The molecule has 3 aliphatic carbocycles. The van der Waals surface area contributed by atoms with E-state index in [4.69, 9.17) is 15.2 Å². The number of fused-ring (bicyclic) bond motifs is 3. The summed E-state index contributed by atoms with van der Waals surface area (Å²) in [5.41, 5.74) is 1.69. The SMILES string of the molecule is COCCOC(=O)c1cc(N(C)C)c2c(c1O)C(=O)C1=C(O)[C@]3(O)C(=O)C(C(N)=O)=C(O)[C@@H](N(C)C)[C@@H]3C[C@@H]1C2. The molecule has 1 aromatic rings. The number of Topliss-reactive ketones (excluding diaryl/α,β-unsaturated/α-hetero) is 2. The minimum absolute atomic E-state index is 0.0415. The number of esters is 1. The lowest BCUT2D eigenvalue weighted by Crippen LogP contribution is -2.63. The van der Waals surface area contributed by atoms with Gasteiger partial charge in [-0.1, -0.05) is 0 Å². The van der Waals surface area contributed by atoms with Crippen molar-refractivity contribution in [3.8, 4) is 5.75 Å². The standard InChI is InChI=1S/C27H33N3O10/c1-29(2)15-10-13(26(37)40-7-6-39-5)20(31)17-12(15)8-11-9-14-19(30(3)4)22(33)18(25(28)36)24(35)27(14,38)23(34)16(11)21(17)32/h10-11,14,19,31,33-34,38H,6-9H2,1-5H3,(H2,28,36)/t11-,14-,19-,27-/m0/s1. The Hall–Kier alpha value is -3.94. The number of aliphatic hydroxyl groups excluding tert-OH is 2. The average Bonchev–Trinajstić information content (AvgIpc) is 2.85.